The Balaban J connectivity index is 2.31. The molecule has 0 saturated heterocycles. The molecule has 2 heteroatoms. The second kappa shape index (κ2) is 3.44. The molecule has 1 heterocycles. The van der Waals surface area contributed by atoms with Crippen molar-refractivity contribution in [3.05, 3.63) is 36.1 Å². The topological polar surface area (TPSA) is 30.2 Å². The third-order valence-corrected chi connectivity index (χ3v) is 2.07. The fourth-order valence-corrected chi connectivity index (χ4v) is 1.40. The Morgan fingerprint density at radius 3 is 3.08 bits per heavy atom. The van der Waals surface area contributed by atoms with Crippen LogP contribution >= 0.6 is 0 Å². The number of carbonyl (C=O) groups is 1. The molecule has 0 spiro atoms. The lowest BCUT2D eigenvalue weighted by atomic mass is 10.1. The van der Waals surface area contributed by atoms with Gasteiger partial charge in [-0.1, -0.05) is 6.07 Å². The number of fused-ring (bicyclic) bond motifs is 1. The Hall–Kier alpha value is -1.57. The summed E-state index contributed by atoms with van der Waals surface area (Å²) in [6.07, 6.45) is 4.02. The summed E-state index contributed by atoms with van der Waals surface area (Å²) >= 11 is 0. The molecule has 0 fully saturated rings. The lowest BCUT2D eigenvalue weighted by Gasteiger charge is -1.96. The van der Waals surface area contributed by atoms with Crippen LogP contribution in [0.15, 0.2) is 34.9 Å². The summed E-state index contributed by atoms with van der Waals surface area (Å²) in [5.74, 6) is 0. The molecule has 1 aromatic heterocycles. The van der Waals surface area contributed by atoms with E-state index in [1.807, 2.05) is 18.2 Å². The minimum absolute atomic E-state index is 0.587. The van der Waals surface area contributed by atoms with Crippen molar-refractivity contribution in [2.45, 2.75) is 12.8 Å². The van der Waals surface area contributed by atoms with E-state index < -0.39 is 0 Å². The van der Waals surface area contributed by atoms with Crippen molar-refractivity contribution in [3.8, 4) is 0 Å². The van der Waals surface area contributed by atoms with Crippen LogP contribution in [-0.4, -0.2) is 6.29 Å². The van der Waals surface area contributed by atoms with E-state index in [1.165, 1.54) is 5.56 Å². The lowest BCUT2D eigenvalue weighted by molar-refractivity contribution is -0.107. The summed E-state index contributed by atoms with van der Waals surface area (Å²) in [5, 5.41) is 1.10. The van der Waals surface area contributed by atoms with Crippen molar-refractivity contribution in [1.29, 1.82) is 0 Å². The molecule has 0 saturated carbocycles. The second-order valence-electron chi connectivity index (χ2n) is 3.00. The molecule has 2 rings (SSSR count). The molecule has 0 aliphatic carbocycles. The Bertz CT molecular complexity index is 415. The van der Waals surface area contributed by atoms with Crippen molar-refractivity contribution in [2.24, 2.45) is 0 Å². The molecule has 2 nitrogen and oxygen atoms in total. The van der Waals surface area contributed by atoms with Crippen LogP contribution in [-0.2, 0) is 11.2 Å². The fourth-order valence-electron chi connectivity index (χ4n) is 1.40. The number of hydrogen-bond donors (Lipinski definition) is 0. The van der Waals surface area contributed by atoms with Crippen LogP contribution in [0.25, 0.3) is 11.0 Å². The molecule has 0 aliphatic rings. The molecule has 1 aromatic carbocycles. The van der Waals surface area contributed by atoms with Gasteiger partial charge in [0.05, 0.1) is 6.26 Å². The predicted octanol–water partition coefficient (Wildman–Crippen LogP) is 2.56. The van der Waals surface area contributed by atoms with E-state index >= 15 is 0 Å². The highest BCUT2D eigenvalue weighted by molar-refractivity contribution is 5.77. The van der Waals surface area contributed by atoms with Gasteiger partial charge in [-0.2, -0.15) is 0 Å². The number of aryl methyl sites for hydroxylation is 1. The number of benzene rings is 1. The SMILES string of the molecule is O=CCCc1ccc2occc2c1. The first-order valence-corrected chi connectivity index (χ1v) is 4.30. The molecule has 0 N–H and O–H groups in total. The molecule has 0 aliphatic heterocycles. The van der Waals surface area contributed by atoms with Gasteiger partial charge in [-0.15, -0.1) is 0 Å². The number of furan rings is 1. The van der Waals surface area contributed by atoms with E-state index in [0.717, 1.165) is 23.7 Å². The smallest absolute Gasteiger partial charge is 0.133 e. The highest BCUT2D eigenvalue weighted by Crippen LogP contribution is 2.17. The largest absolute Gasteiger partial charge is 0.464 e. The third kappa shape index (κ3) is 1.61. The summed E-state index contributed by atoms with van der Waals surface area (Å²) < 4.78 is 5.21. The van der Waals surface area contributed by atoms with Crippen molar-refractivity contribution >= 4 is 17.3 Å². The van der Waals surface area contributed by atoms with E-state index in [-0.39, 0.29) is 0 Å². The lowest BCUT2D eigenvalue weighted by Crippen LogP contribution is -1.84. The first-order chi connectivity index (χ1) is 6.40. The van der Waals surface area contributed by atoms with Crippen LogP contribution in [0.2, 0.25) is 0 Å². The van der Waals surface area contributed by atoms with Crippen molar-refractivity contribution in [3.63, 3.8) is 0 Å². The average molecular weight is 174 g/mol. The number of rotatable bonds is 3. The van der Waals surface area contributed by atoms with Crippen LogP contribution in [0.5, 0.6) is 0 Å². The average Bonchev–Trinajstić information content (AvgIpc) is 2.61. The van der Waals surface area contributed by atoms with Gasteiger partial charge in [0, 0.05) is 11.8 Å². The Kier molecular flexibility index (Phi) is 2.13. The van der Waals surface area contributed by atoms with Crippen LogP contribution in [0.3, 0.4) is 0 Å². The summed E-state index contributed by atoms with van der Waals surface area (Å²) in [6.45, 7) is 0. The summed E-state index contributed by atoms with van der Waals surface area (Å²) in [5.41, 5.74) is 2.08. The van der Waals surface area contributed by atoms with Crippen LogP contribution < -0.4 is 0 Å². The Labute approximate surface area is 76.2 Å². The minimum Gasteiger partial charge on any atom is -0.464 e. The predicted molar refractivity (Wildman–Crippen MR) is 50.6 cm³/mol. The Morgan fingerprint density at radius 1 is 1.31 bits per heavy atom. The van der Waals surface area contributed by atoms with E-state index in [2.05, 4.69) is 6.07 Å². The maximum atomic E-state index is 10.2. The van der Waals surface area contributed by atoms with Crippen molar-refractivity contribution in [1.82, 2.24) is 0 Å². The molecule has 0 bridgehead atoms. The van der Waals surface area contributed by atoms with E-state index in [4.69, 9.17) is 4.42 Å². The van der Waals surface area contributed by atoms with Gasteiger partial charge in [0.15, 0.2) is 0 Å². The normalized spacial score (nSPS) is 10.5. The van der Waals surface area contributed by atoms with E-state index in [9.17, 15) is 4.79 Å². The first-order valence-electron chi connectivity index (χ1n) is 4.30. The van der Waals surface area contributed by atoms with Crippen LogP contribution in [0, 0.1) is 0 Å². The first kappa shape index (κ1) is 8.05. The minimum atomic E-state index is 0.587. The van der Waals surface area contributed by atoms with E-state index in [0.29, 0.717) is 6.42 Å². The van der Waals surface area contributed by atoms with Crippen molar-refractivity contribution in [2.75, 3.05) is 0 Å². The summed E-state index contributed by atoms with van der Waals surface area (Å²) in [4.78, 5) is 10.2. The van der Waals surface area contributed by atoms with Crippen LogP contribution in [0.1, 0.15) is 12.0 Å². The monoisotopic (exact) mass is 174 g/mol. The zero-order valence-electron chi connectivity index (χ0n) is 7.19. The second-order valence-corrected chi connectivity index (χ2v) is 3.00. The van der Waals surface area contributed by atoms with Gasteiger partial charge in [-0.3, -0.25) is 0 Å². The van der Waals surface area contributed by atoms with Gasteiger partial charge in [0.1, 0.15) is 11.9 Å². The molecule has 0 amide bonds. The molecular formula is C11H10O2. The summed E-state index contributed by atoms with van der Waals surface area (Å²) in [7, 11) is 0. The Morgan fingerprint density at radius 2 is 2.23 bits per heavy atom. The molecule has 0 radical (unpaired) electrons. The van der Waals surface area contributed by atoms with Gasteiger partial charge >= 0.3 is 0 Å². The van der Waals surface area contributed by atoms with Gasteiger partial charge in [-0.25, -0.2) is 0 Å². The molecule has 13 heavy (non-hydrogen) atoms. The van der Waals surface area contributed by atoms with Gasteiger partial charge in [0.2, 0.25) is 0 Å². The maximum Gasteiger partial charge on any atom is 0.133 e. The van der Waals surface area contributed by atoms with Gasteiger partial charge < -0.3 is 9.21 Å². The molecule has 0 unspecified atom stereocenters. The number of aldehydes is 1. The zero-order valence-corrected chi connectivity index (χ0v) is 7.19. The summed E-state index contributed by atoms with van der Waals surface area (Å²) in [6, 6.07) is 7.92. The van der Waals surface area contributed by atoms with Crippen molar-refractivity contribution < 1.29 is 9.21 Å². The quantitative estimate of drug-likeness (QED) is 0.669. The van der Waals surface area contributed by atoms with Gasteiger partial charge in [0.25, 0.3) is 0 Å². The maximum absolute atomic E-state index is 10.2. The van der Waals surface area contributed by atoms with E-state index in [1.54, 1.807) is 6.26 Å². The molecule has 0 atom stereocenters. The van der Waals surface area contributed by atoms with Gasteiger partial charge in [-0.05, 0) is 30.2 Å². The molecule has 66 valence electrons. The highest BCUT2D eigenvalue weighted by Gasteiger charge is 1.97. The highest BCUT2D eigenvalue weighted by atomic mass is 16.3. The molecular weight excluding hydrogens is 164 g/mol. The fraction of sp³-hybridized carbons (Fsp3) is 0.182. The number of hydrogen-bond acceptors (Lipinski definition) is 2. The zero-order chi connectivity index (χ0) is 9.10. The molecule has 2 aromatic rings. The number of carbonyl (C=O) groups excluding carboxylic acids is 1. The standard InChI is InChI=1S/C11H10O2/c12-6-1-2-9-3-4-11-10(8-9)5-7-13-11/h3-8H,1-2H2. The third-order valence-electron chi connectivity index (χ3n) is 2.07. The van der Waals surface area contributed by atoms with Crippen LogP contribution in [0.4, 0.5) is 0 Å².